The van der Waals surface area contributed by atoms with Gasteiger partial charge in [-0.25, -0.2) is 0 Å². The fraction of sp³-hybridized carbons (Fsp3) is 0.692. The van der Waals surface area contributed by atoms with Gasteiger partial charge in [0.25, 0.3) is 5.91 Å². The van der Waals surface area contributed by atoms with Crippen molar-refractivity contribution in [3.05, 3.63) is 35.4 Å². The molecule has 0 spiro atoms. The van der Waals surface area contributed by atoms with Gasteiger partial charge in [0, 0.05) is 37.3 Å². The second-order valence-electron chi connectivity index (χ2n) is 10.3. The van der Waals surface area contributed by atoms with Gasteiger partial charge in [0.15, 0.2) is 6.10 Å². The number of hydrogen-bond donors (Lipinski definition) is 3. The maximum Gasteiger partial charge on any atom is 0.253 e. The fourth-order valence-electron chi connectivity index (χ4n) is 6.36. The molecule has 4 rings (SSSR count). The molecular weight excluding hydrogens is 418 g/mol. The Bertz CT molecular complexity index is 812. The molecule has 3 aliphatic rings. The third-order valence-electron chi connectivity index (χ3n) is 8.13. The molecule has 2 saturated heterocycles. The first-order valence-corrected chi connectivity index (χ1v) is 12.7. The van der Waals surface area contributed by atoms with E-state index < -0.39 is 12.7 Å². The summed E-state index contributed by atoms with van der Waals surface area (Å²) < 4.78 is 0. The highest BCUT2D eigenvalue weighted by atomic mass is 16.3. The lowest BCUT2D eigenvalue weighted by atomic mass is 9.84. The average Bonchev–Trinajstić information content (AvgIpc) is 3.07. The van der Waals surface area contributed by atoms with Crippen LogP contribution >= 0.6 is 0 Å². The van der Waals surface area contributed by atoms with E-state index in [1.54, 1.807) is 11.0 Å². The number of nitrogens with two attached hydrogens (primary N) is 1. The summed E-state index contributed by atoms with van der Waals surface area (Å²) in [7, 11) is 0. The van der Waals surface area contributed by atoms with E-state index in [9.17, 15) is 19.8 Å². The molecule has 2 bridgehead atoms. The quantitative estimate of drug-likeness (QED) is 0.527. The smallest absolute Gasteiger partial charge is 0.253 e. The lowest BCUT2D eigenvalue weighted by molar-refractivity contribution is -0.143. The zero-order valence-corrected chi connectivity index (χ0v) is 19.6. The molecule has 2 aliphatic heterocycles. The van der Waals surface area contributed by atoms with Crippen LogP contribution < -0.4 is 5.73 Å². The van der Waals surface area contributed by atoms with Gasteiger partial charge in [-0.2, -0.15) is 0 Å². The standard InChI is InChI=1S/C26H39N3O4/c27-25(32)20-8-4-7-19(13-20)21-14-22-9-10-23(15-21)29(22)12-11-28(26(33)24(31)17-30)16-18-5-2-1-3-6-18/h4,7-8,13,18,21-24,30-31H,1-3,5-6,9-12,14-17H2,(H2,27,32)/t21?,22-,23?,24?/m0/s1. The molecule has 0 radical (unpaired) electrons. The van der Waals surface area contributed by atoms with Gasteiger partial charge in [-0.3, -0.25) is 14.5 Å². The summed E-state index contributed by atoms with van der Waals surface area (Å²) in [4.78, 5) is 28.7. The number of aliphatic hydroxyl groups is 2. The molecule has 182 valence electrons. The van der Waals surface area contributed by atoms with E-state index in [4.69, 9.17) is 5.73 Å². The van der Waals surface area contributed by atoms with Crippen molar-refractivity contribution in [1.82, 2.24) is 9.80 Å². The predicted octanol–water partition coefficient (Wildman–Crippen LogP) is 2.26. The number of carbonyl (C=O) groups excluding carboxylic acids is 2. The van der Waals surface area contributed by atoms with Crippen molar-refractivity contribution in [3.63, 3.8) is 0 Å². The van der Waals surface area contributed by atoms with Crippen molar-refractivity contribution >= 4 is 11.8 Å². The van der Waals surface area contributed by atoms with Crippen molar-refractivity contribution in [1.29, 1.82) is 0 Å². The van der Waals surface area contributed by atoms with Crippen LogP contribution in [0.2, 0.25) is 0 Å². The van der Waals surface area contributed by atoms with E-state index in [-0.39, 0.29) is 11.8 Å². The molecule has 4 atom stereocenters. The maximum atomic E-state index is 12.8. The largest absolute Gasteiger partial charge is 0.393 e. The Labute approximate surface area is 196 Å². The first kappa shape index (κ1) is 24.2. The number of hydrogen-bond acceptors (Lipinski definition) is 5. The number of aliphatic hydroxyl groups excluding tert-OH is 2. The molecule has 0 aromatic heterocycles. The highest BCUT2D eigenvalue weighted by molar-refractivity contribution is 5.92. The van der Waals surface area contributed by atoms with E-state index in [1.165, 1.54) is 24.8 Å². The zero-order valence-electron chi connectivity index (χ0n) is 19.6. The SMILES string of the molecule is NC(=O)c1cccc(C2CC3CC[C@@H](C2)N3CCN(CC2CCCCC2)C(=O)C(O)CO)c1. The monoisotopic (exact) mass is 457 g/mol. The van der Waals surface area contributed by atoms with Crippen LogP contribution in [0, 0.1) is 5.92 Å². The number of carbonyl (C=O) groups is 2. The van der Waals surface area contributed by atoms with Gasteiger partial charge in [0.1, 0.15) is 0 Å². The van der Waals surface area contributed by atoms with Gasteiger partial charge in [0.05, 0.1) is 6.61 Å². The van der Waals surface area contributed by atoms with Gasteiger partial charge in [-0.15, -0.1) is 0 Å². The third kappa shape index (κ3) is 5.76. The average molecular weight is 458 g/mol. The number of benzene rings is 1. The fourth-order valence-corrected chi connectivity index (χ4v) is 6.36. The first-order chi connectivity index (χ1) is 16.0. The van der Waals surface area contributed by atoms with Crippen molar-refractivity contribution in [2.24, 2.45) is 11.7 Å². The summed E-state index contributed by atoms with van der Waals surface area (Å²) in [6.07, 6.45) is 9.06. The van der Waals surface area contributed by atoms with E-state index in [0.717, 1.165) is 45.1 Å². The molecule has 1 saturated carbocycles. The molecule has 7 heteroatoms. The van der Waals surface area contributed by atoms with Crippen molar-refractivity contribution in [2.75, 3.05) is 26.2 Å². The number of fused-ring (bicyclic) bond motifs is 2. The summed E-state index contributed by atoms with van der Waals surface area (Å²) in [6, 6.07) is 8.69. The number of nitrogens with zero attached hydrogens (tertiary/aromatic N) is 2. The van der Waals surface area contributed by atoms with E-state index in [1.807, 2.05) is 12.1 Å². The number of rotatable bonds is 9. The van der Waals surface area contributed by atoms with E-state index >= 15 is 0 Å². The molecule has 3 fully saturated rings. The summed E-state index contributed by atoms with van der Waals surface area (Å²) in [5.41, 5.74) is 7.25. The molecular formula is C26H39N3O4. The summed E-state index contributed by atoms with van der Waals surface area (Å²) >= 11 is 0. The minimum absolute atomic E-state index is 0.339. The molecule has 2 heterocycles. The Morgan fingerprint density at radius 3 is 2.42 bits per heavy atom. The molecule has 1 aromatic carbocycles. The minimum atomic E-state index is -1.33. The van der Waals surface area contributed by atoms with Gasteiger partial charge in [-0.1, -0.05) is 31.4 Å². The normalized spacial score (nSPS) is 26.8. The van der Waals surface area contributed by atoms with Crippen molar-refractivity contribution < 1.29 is 19.8 Å². The molecule has 4 N–H and O–H groups in total. The van der Waals surface area contributed by atoms with Crippen molar-refractivity contribution in [2.45, 2.75) is 81.9 Å². The Hall–Kier alpha value is -1.96. The Morgan fingerprint density at radius 1 is 1.09 bits per heavy atom. The number of primary amides is 1. The molecule has 3 unspecified atom stereocenters. The second kappa shape index (κ2) is 11.0. The van der Waals surface area contributed by atoms with Gasteiger partial charge in [0.2, 0.25) is 5.91 Å². The Morgan fingerprint density at radius 2 is 1.79 bits per heavy atom. The summed E-state index contributed by atoms with van der Waals surface area (Å²) in [5, 5.41) is 19.3. The van der Waals surface area contributed by atoms with Gasteiger partial charge < -0.3 is 20.8 Å². The van der Waals surface area contributed by atoms with Gasteiger partial charge >= 0.3 is 0 Å². The van der Waals surface area contributed by atoms with Crippen LogP contribution in [0.5, 0.6) is 0 Å². The summed E-state index contributed by atoms with van der Waals surface area (Å²) in [6.45, 7) is 1.56. The maximum absolute atomic E-state index is 12.8. The second-order valence-corrected chi connectivity index (χ2v) is 10.3. The van der Waals surface area contributed by atoms with E-state index in [2.05, 4.69) is 11.0 Å². The highest BCUT2D eigenvalue weighted by Crippen LogP contribution is 2.43. The lowest BCUT2D eigenvalue weighted by Gasteiger charge is -2.40. The minimum Gasteiger partial charge on any atom is -0.393 e. The highest BCUT2D eigenvalue weighted by Gasteiger charge is 2.41. The Balaban J connectivity index is 1.38. The van der Waals surface area contributed by atoms with Gasteiger partial charge in [-0.05, 0) is 68.1 Å². The molecule has 1 aromatic rings. The number of amides is 2. The van der Waals surface area contributed by atoms with Crippen LogP contribution in [0.15, 0.2) is 24.3 Å². The molecule has 2 amide bonds. The van der Waals surface area contributed by atoms with Crippen LogP contribution in [0.25, 0.3) is 0 Å². The Kier molecular flexibility index (Phi) is 8.04. The van der Waals surface area contributed by atoms with Crippen LogP contribution in [0.3, 0.4) is 0 Å². The van der Waals surface area contributed by atoms with Crippen molar-refractivity contribution in [3.8, 4) is 0 Å². The third-order valence-corrected chi connectivity index (χ3v) is 8.13. The first-order valence-electron chi connectivity index (χ1n) is 12.7. The zero-order chi connectivity index (χ0) is 23.4. The summed E-state index contributed by atoms with van der Waals surface area (Å²) in [5.74, 6) is 0.196. The molecule has 1 aliphatic carbocycles. The molecule has 7 nitrogen and oxygen atoms in total. The molecule has 33 heavy (non-hydrogen) atoms. The topological polar surface area (TPSA) is 107 Å². The lowest BCUT2D eigenvalue weighted by Crippen LogP contribution is -2.50. The van der Waals surface area contributed by atoms with Crippen LogP contribution in [0.4, 0.5) is 0 Å². The number of piperidine rings is 1. The van der Waals surface area contributed by atoms with E-state index in [0.29, 0.717) is 42.6 Å². The van der Waals surface area contributed by atoms with Crippen LogP contribution in [-0.2, 0) is 4.79 Å². The predicted molar refractivity (Wildman–Crippen MR) is 127 cm³/mol. The van der Waals surface area contributed by atoms with Crippen LogP contribution in [0.1, 0.15) is 79.6 Å². The van der Waals surface area contributed by atoms with Crippen LogP contribution in [-0.4, -0.2) is 76.3 Å².